The lowest BCUT2D eigenvalue weighted by Crippen LogP contribution is -2.53. The van der Waals surface area contributed by atoms with Crippen molar-refractivity contribution < 1.29 is 14.7 Å². The molecule has 0 radical (unpaired) electrons. The van der Waals surface area contributed by atoms with Crippen LogP contribution in [0.3, 0.4) is 0 Å². The number of nitrogens with zero attached hydrogens (tertiary/aromatic N) is 1. The van der Waals surface area contributed by atoms with Crippen LogP contribution in [0.2, 0.25) is 0 Å². The Bertz CT molecular complexity index is 585. The maximum absolute atomic E-state index is 13.0. The first-order valence-electron chi connectivity index (χ1n) is 7.31. The second-order valence-corrected chi connectivity index (χ2v) is 7.21. The monoisotopic (exact) mass is 308 g/mol. The highest BCUT2D eigenvalue weighted by molar-refractivity contribution is 7.10. The maximum atomic E-state index is 13.0. The molecule has 114 valence electrons. The zero-order valence-corrected chi connectivity index (χ0v) is 12.9. The van der Waals surface area contributed by atoms with Gasteiger partial charge in [-0.3, -0.25) is 4.79 Å². The minimum absolute atomic E-state index is 0.100. The maximum Gasteiger partial charge on any atom is 0.331 e. The van der Waals surface area contributed by atoms with Gasteiger partial charge in [0.15, 0.2) is 6.04 Å². The third-order valence-corrected chi connectivity index (χ3v) is 5.98. The molecule has 1 aliphatic heterocycles. The summed E-state index contributed by atoms with van der Waals surface area (Å²) in [5.41, 5.74) is 6.27. The van der Waals surface area contributed by atoms with E-state index in [4.69, 9.17) is 5.73 Å². The molecule has 0 bridgehead atoms. The van der Waals surface area contributed by atoms with Crippen LogP contribution in [0, 0.1) is 5.41 Å². The highest BCUT2D eigenvalue weighted by atomic mass is 32.1. The van der Waals surface area contributed by atoms with Crippen molar-refractivity contribution in [2.45, 2.75) is 44.7 Å². The number of amides is 1. The Kier molecular flexibility index (Phi) is 3.53. The summed E-state index contributed by atoms with van der Waals surface area (Å²) in [6.45, 7) is 2.35. The van der Waals surface area contributed by atoms with Crippen molar-refractivity contribution in [1.82, 2.24) is 4.90 Å². The number of aliphatic carboxylic acids is 1. The minimum Gasteiger partial charge on any atom is -0.479 e. The van der Waals surface area contributed by atoms with Gasteiger partial charge in [0.2, 0.25) is 5.91 Å². The number of carboxylic acids is 1. The first kappa shape index (κ1) is 14.5. The summed E-state index contributed by atoms with van der Waals surface area (Å²) in [6, 6.07) is 0.787. The third-order valence-electron chi connectivity index (χ3n) is 4.98. The molecule has 3 atom stereocenters. The van der Waals surface area contributed by atoms with E-state index < -0.39 is 17.4 Å². The van der Waals surface area contributed by atoms with E-state index in [1.54, 1.807) is 11.3 Å². The van der Waals surface area contributed by atoms with Gasteiger partial charge in [0.1, 0.15) is 0 Å². The zero-order valence-electron chi connectivity index (χ0n) is 12.0. The molecule has 1 aliphatic carbocycles. The lowest BCUT2D eigenvalue weighted by atomic mass is 9.82. The molecular weight excluding hydrogens is 288 g/mol. The molecule has 5 nitrogen and oxygen atoms in total. The fourth-order valence-electron chi connectivity index (χ4n) is 3.59. The number of fused-ring (bicyclic) bond motifs is 1. The molecule has 3 N–H and O–H groups in total. The molecule has 6 heteroatoms. The van der Waals surface area contributed by atoms with Crippen molar-refractivity contribution in [2.75, 3.05) is 6.54 Å². The predicted octanol–water partition coefficient (Wildman–Crippen LogP) is 1.78. The van der Waals surface area contributed by atoms with Crippen LogP contribution in [0.1, 0.15) is 42.7 Å². The van der Waals surface area contributed by atoms with Gasteiger partial charge in [0.25, 0.3) is 0 Å². The van der Waals surface area contributed by atoms with Crippen LogP contribution >= 0.6 is 11.3 Å². The molecule has 0 aromatic carbocycles. The first-order valence-corrected chi connectivity index (χ1v) is 8.19. The van der Waals surface area contributed by atoms with Gasteiger partial charge in [0, 0.05) is 17.5 Å². The van der Waals surface area contributed by atoms with E-state index >= 15 is 0 Å². The van der Waals surface area contributed by atoms with Crippen molar-refractivity contribution in [2.24, 2.45) is 11.1 Å². The molecule has 3 rings (SSSR count). The van der Waals surface area contributed by atoms with Crippen molar-refractivity contribution >= 4 is 23.2 Å². The fraction of sp³-hybridized carbons (Fsp3) is 0.600. The molecule has 1 saturated carbocycles. The second kappa shape index (κ2) is 5.10. The Morgan fingerprint density at radius 1 is 1.52 bits per heavy atom. The molecule has 2 heterocycles. The number of carbonyl (C=O) groups excluding carboxylic acids is 1. The van der Waals surface area contributed by atoms with Crippen LogP contribution in [0.5, 0.6) is 0 Å². The Balaban J connectivity index is 1.95. The van der Waals surface area contributed by atoms with Gasteiger partial charge in [-0.25, -0.2) is 4.79 Å². The van der Waals surface area contributed by atoms with Gasteiger partial charge in [-0.05, 0) is 43.2 Å². The van der Waals surface area contributed by atoms with Crippen molar-refractivity contribution in [3.05, 3.63) is 21.9 Å². The van der Waals surface area contributed by atoms with Gasteiger partial charge in [0.05, 0.1) is 5.41 Å². The normalized spacial score (nSPS) is 32.0. The van der Waals surface area contributed by atoms with Crippen LogP contribution in [0.25, 0.3) is 0 Å². The second-order valence-electron chi connectivity index (χ2n) is 6.20. The highest BCUT2D eigenvalue weighted by Gasteiger charge is 2.48. The van der Waals surface area contributed by atoms with E-state index in [-0.39, 0.29) is 11.9 Å². The van der Waals surface area contributed by atoms with Gasteiger partial charge < -0.3 is 15.7 Å². The van der Waals surface area contributed by atoms with E-state index in [0.29, 0.717) is 6.54 Å². The number of hydrogen-bond donors (Lipinski definition) is 2. The average Bonchev–Trinajstić information content (AvgIpc) is 3.04. The Hall–Kier alpha value is -1.40. The molecule has 1 aromatic rings. The predicted molar refractivity (Wildman–Crippen MR) is 80.0 cm³/mol. The molecule has 2 aliphatic rings. The van der Waals surface area contributed by atoms with Gasteiger partial charge >= 0.3 is 5.97 Å². The van der Waals surface area contributed by atoms with E-state index in [1.165, 1.54) is 4.90 Å². The Labute approximate surface area is 127 Å². The SMILES string of the molecule is CC1(C(=O)N2CCc3sccc3C2C(=O)O)CCCC1N. The number of thiophene rings is 1. The van der Waals surface area contributed by atoms with E-state index in [1.807, 2.05) is 18.4 Å². The van der Waals surface area contributed by atoms with Crippen LogP contribution < -0.4 is 5.73 Å². The summed E-state index contributed by atoms with van der Waals surface area (Å²) < 4.78 is 0. The third kappa shape index (κ3) is 2.17. The van der Waals surface area contributed by atoms with Gasteiger partial charge in [-0.1, -0.05) is 6.42 Å². The van der Waals surface area contributed by atoms with Gasteiger partial charge in [-0.15, -0.1) is 11.3 Å². The molecule has 1 amide bonds. The summed E-state index contributed by atoms with van der Waals surface area (Å²) in [5, 5.41) is 11.5. The topological polar surface area (TPSA) is 83.6 Å². The van der Waals surface area contributed by atoms with Crippen LogP contribution in [-0.2, 0) is 16.0 Å². The lowest BCUT2D eigenvalue weighted by molar-refractivity contribution is -0.156. The van der Waals surface area contributed by atoms with Crippen molar-refractivity contribution in [1.29, 1.82) is 0 Å². The summed E-state index contributed by atoms with van der Waals surface area (Å²) in [5.74, 6) is -1.06. The quantitative estimate of drug-likeness (QED) is 0.872. The lowest BCUT2D eigenvalue weighted by Gasteiger charge is -2.39. The summed E-state index contributed by atoms with van der Waals surface area (Å²) >= 11 is 1.57. The summed E-state index contributed by atoms with van der Waals surface area (Å²) in [7, 11) is 0. The Morgan fingerprint density at radius 2 is 2.29 bits per heavy atom. The highest BCUT2D eigenvalue weighted by Crippen LogP contribution is 2.42. The fourth-order valence-corrected chi connectivity index (χ4v) is 4.49. The molecule has 3 unspecified atom stereocenters. The average molecular weight is 308 g/mol. The number of nitrogens with two attached hydrogens (primary N) is 1. The minimum atomic E-state index is -0.960. The summed E-state index contributed by atoms with van der Waals surface area (Å²) in [6.07, 6.45) is 3.23. The van der Waals surface area contributed by atoms with Gasteiger partial charge in [-0.2, -0.15) is 0 Å². The Morgan fingerprint density at radius 3 is 2.90 bits per heavy atom. The van der Waals surface area contributed by atoms with Crippen LogP contribution in [-0.4, -0.2) is 34.5 Å². The van der Waals surface area contributed by atoms with Crippen molar-refractivity contribution in [3.8, 4) is 0 Å². The number of carbonyl (C=O) groups is 2. The molecule has 0 saturated heterocycles. The van der Waals surface area contributed by atoms with Crippen molar-refractivity contribution in [3.63, 3.8) is 0 Å². The largest absolute Gasteiger partial charge is 0.479 e. The zero-order chi connectivity index (χ0) is 15.2. The standard InChI is InChI=1S/C15H20N2O3S/c1-15(6-2-3-11(15)16)14(20)17-7-4-10-9(5-8-21-10)12(17)13(18)19/h5,8,11-12H,2-4,6-7,16H2,1H3,(H,18,19). The molecule has 0 spiro atoms. The summed E-state index contributed by atoms with van der Waals surface area (Å²) in [4.78, 5) is 27.3. The molecule has 1 aromatic heterocycles. The molecule has 21 heavy (non-hydrogen) atoms. The van der Waals surface area contributed by atoms with E-state index in [9.17, 15) is 14.7 Å². The van der Waals surface area contributed by atoms with Crippen LogP contribution in [0.4, 0.5) is 0 Å². The molecule has 1 fully saturated rings. The first-order chi connectivity index (χ1) is 9.95. The van der Waals surface area contributed by atoms with Crippen LogP contribution in [0.15, 0.2) is 11.4 Å². The number of rotatable bonds is 2. The smallest absolute Gasteiger partial charge is 0.331 e. The number of hydrogen-bond acceptors (Lipinski definition) is 4. The molecular formula is C15H20N2O3S. The van der Waals surface area contributed by atoms with E-state index in [0.717, 1.165) is 36.1 Å². The van der Waals surface area contributed by atoms with E-state index in [2.05, 4.69) is 0 Å². The number of carboxylic acid groups (broad SMARTS) is 1.